The van der Waals surface area contributed by atoms with Crippen LogP contribution in [0.1, 0.15) is 0 Å². The number of hydrogen-bond donors (Lipinski definition) is 1. The molecule has 0 unspecified atom stereocenters. The standard InChI is InChI=1S/C8H8N2O3S2/c1-14-6-4-2-3-5-7(6)10-8(13-5)15(9,11)12/h2-4H,1H3,(H2,9,11,12). The number of aromatic nitrogens is 1. The van der Waals surface area contributed by atoms with Crippen LogP contribution < -0.4 is 5.14 Å². The Kier molecular flexibility index (Phi) is 2.45. The molecule has 2 rings (SSSR count). The second-order valence-electron chi connectivity index (χ2n) is 2.83. The zero-order valence-corrected chi connectivity index (χ0v) is 9.43. The van der Waals surface area contributed by atoms with E-state index in [1.165, 1.54) is 11.8 Å². The van der Waals surface area contributed by atoms with Crippen molar-refractivity contribution in [2.75, 3.05) is 6.26 Å². The first-order valence-electron chi connectivity index (χ1n) is 3.99. The molecule has 0 atom stereocenters. The molecule has 2 N–H and O–H groups in total. The average Bonchev–Trinajstić information content (AvgIpc) is 2.59. The summed E-state index contributed by atoms with van der Waals surface area (Å²) >= 11 is 1.46. The lowest BCUT2D eigenvalue weighted by Crippen LogP contribution is -2.12. The van der Waals surface area contributed by atoms with Crippen molar-refractivity contribution in [1.29, 1.82) is 0 Å². The highest BCUT2D eigenvalue weighted by Crippen LogP contribution is 2.27. The minimum atomic E-state index is -3.88. The van der Waals surface area contributed by atoms with Crippen LogP contribution in [0, 0.1) is 0 Å². The molecule has 0 amide bonds. The Morgan fingerprint density at radius 3 is 2.80 bits per heavy atom. The third-order valence-corrected chi connectivity index (χ3v) is 3.26. The molecule has 5 nitrogen and oxygen atoms in total. The van der Waals surface area contributed by atoms with E-state index in [0.717, 1.165) is 4.90 Å². The topological polar surface area (TPSA) is 86.2 Å². The fourth-order valence-corrected chi connectivity index (χ4v) is 2.17. The van der Waals surface area contributed by atoms with Crippen molar-refractivity contribution in [3.63, 3.8) is 0 Å². The second-order valence-corrected chi connectivity index (χ2v) is 5.12. The van der Waals surface area contributed by atoms with Crippen LogP contribution in [-0.4, -0.2) is 19.7 Å². The summed E-state index contributed by atoms with van der Waals surface area (Å²) in [5, 5.41) is 4.48. The molecule has 0 aliphatic heterocycles. The van der Waals surface area contributed by atoms with Crippen LogP contribution in [0.4, 0.5) is 0 Å². The van der Waals surface area contributed by atoms with Crippen molar-refractivity contribution in [1.82, 2.24) is 4.98 Å². The van der Waals surface area contributed by atoms with Gasteiger partial charge in [-0.25, -0.2) is 13.6 Å². The summed E-state index contributed by atoms with van der Waals surface area (Å²) in [6.07, 6.45) is 1.88. The Balaban J connectivity index is 2.76. The van der Waals surface area contributed by atoms with Gasteiger partial charge in [0, 0.05) is 4.90 Å². The van der Waals surface area contributed by atoms with Crippen molar-refractivity contribution >= 4 is 32.9 Å². The molecule has 0 aliphatic rings. The fraction of sp³-hybridized carbons (Fsp3) is 0.125. The number of rotatable bonds is 2. The predicted molar refractivity (Wildman–Crippen MR) is 57.2 cm³/mol. The van der Waals surface area contributed by atoms with Crippen molar-refractivity contribution in [3.8, 4) is 0 Å². The summed E-state index contributed by atoms with van der Waals surface area (Å²) in [5.74, 6) is 0. The minimum absolute atomic E-state index is 0.422. The highest BCUT2D eigenvalue weighted by atomic mass is 32.2. The van der Waals surface area contributed by atoms with E-state index in [2.05, 4.69) is 4.98 Å². The van der Waals surface area contributed by atoms with Crippen LogP contribution >= 0.6 is 11.8 Å². The summed E-state index contributed by atoms with van der Waals surface area (Å²) in [6.45, 7) is 0. The number of oxazole rings is 1. The molecule has 15 heavy (non-hydrogen) atoms. The fourth-order valence-electron chi connectivity index (χ4n) is 1.19. The molecule has 0 radical (unpaired) electrons. The Morgan fingerprint density at radius 1 is 1.47 bits per heavy atom. The number of nitrogens with zero attached hydrogens (tertiary/aromatic N) is 1. The van der Waals surface area contributed by atoms with Gasteiger partial charge in [0.05, 0.1) is 0 Å². The van der Waals surface area contributed by atoms with Gasteiger partial charge in [0.25, 0.3) is 10.0 Å². The monoisotopic (exact) mass is 244 g/mol. The van der Waals surface area contributed by atoms with Gasteiger partial charge in [0.2, 0.25) is 0 Å². The van der Waals surface area contributed by atoms with Gasteiger partial charge in [-0.2, -0.15) is 4.98 Å². The van der Waals surface area contributed by atoms with Gasteiger partial charge in [0.1, 0.15) is 5.52 Å². The number of benzene rings is 1. The zero-order valence-electron chi connectivity index (χ0n) is 7.80. The number of para-hydroxylation sites is 1. The predicted octanol–water partition coefficient (Wildman–Crippen LogP) is 1.20. The van der Waals surface area contributed by atoms with Crippen molar-refractivity contribution in [2.45, 2.75) is 10.1 Å². The van der Waals surface area contributed by atoms with E-state index >= 15 is 0 Å². The van der Waals surface area contributed by atoms with Gasteiger partial charge in [-0.1, -0.05) is 6.07 Å². The lowest BCUT2D eigenvalue weighted by Gasteiger charge is -1.93. The van der Waals surface area contributed by atoms with Gasteiger partial charge in [0.15, 0.2) is 5.58 Å². The summed E-state index contributed by atoms with van der Waals surface area (Å²) in [6, 6.07) is 5.26. The maximum Gasteiger partial charge on any atom is 0.331 e. The minimum Gasteiger partial charge on any atom is -0.427 e. The van der Waals surface area contributed by atoms with Crippen molar-refractivity contribution in [2.24, 2.45) is 5.14 Å². The largest absolute Gasteiger partial charge is 0.427 e. The molecule has 1 aromatic carbocycles. The Morgan fingerprint density at radius 2 is 2.20 bits per heavy atom. The Hall–Kier alpha value is -1.05. The van der Waals surface area contributed by atoms with E-state index < -0.39 is 15.2 Å². The molecule has 0 fully saturated rings. The molecular formula is C8H8N2O3S2. The third-order valence-electron chi connectivity index (χ3n) is 1.83. The zero-order chi connectivity index (χ0) is 11.1. The van der Waals surface area contributed by atoms with E-state index in [1.807, 2.05) is 12.3 Å². The molecule has 0 aliphatic carbocycles. The number of sulfonamides is 1. The molecule has 1 aromatic heterocycles. The second kappa shape index (κ2) is 3.51. The molecule has 0 spiro atoms. The van der Waals surface area contributed by atoms with Crippen LogP contribution in [0.25, 0.3) is 11.1 Å². The van der Waals surface area contributed by atoms with Gasteiger partial charge in [-0.15, -0.1) is 11.8 Å². The first-order valence-corrected chi connectivity index (χ1v) is 6.76. The normalized spacial score (nSPS) is 12.1. The van der Waals surface area contributed by atoms with Gasteiger partial charge >= 0.3 is 5.22 Å². The molecule has 80 valence electrons. The van der Waals surface area contributed by atoms with Crippen molar-refractivity contribution in [3.05, 3.63) is 18.2 Å². The van der Waals surface area contributed by atoms with Gasteiger partial charge < -0.3 is 4.42 Å². The van der Waals surface area contributed by atoms with Crippen LogP contribution in [0.2, 0.25) is 0 Å². The lowest BCUT2D eigenvalue weighted by molar-refractivity contribution is 0.459. The summed E-state index contributed by atoms with van der Waals surface area (Å²) < 4.78 is 27.1. The first kappa shape index (κ1) is 10.5. The molecule has 7 heteroatoms. The highest BCUT2D eigenvalue weighted by Gasteiger charge is 2.17. The number of hydrogen-bond acceptors (Lipinski definition) is 5. The summed E-state index contributed by atoms with van der Waals surface area (Å²) in [4.78, 5) is 4.71. The van der Waals surface area contributed by atoms with Crippen LogP contribution in [0.5, 0.6) is 0 Å². The first-order chi connectivity index (χ1) is 7.02. The van der Waals surface area contributed by atoms with Crippen molar-refractivity contribution < 1.29 is 12.8 Å². The van der Waals surface area contributed by atoms with Gasteiger partial charge in [-0.3, -0.25) is 0 Å². The van der Waals surface area contributed by atoms with E-state index in [9.17, 15) is 8.42 Å². The number of thioether (sulfide) groups is 1. The summed E-state index contributed by atoms with van der Waals surface area (Å²) in [5.41, 5.74) is 0.944. The smallest absolute Gasteiger partial charge is 0.331 e. The Labute approximate surface area is 90.7 Å². The maximum atomic E-state index is 11.0. The van der Waals surface area contributed by atoms with E-state index in [0.29, 0.717) is 11.1 Å². The van der Waals surface area contributed by atoms with E-state index in [-0.39, 0.29) is 0 Å². The van der Waals surface area contributed by atoms with Crippen LogP contribution in [0.3, 0.4) is 0 Å². The number of nitrogens with two attached hydrogens (primary N) is 1. The number of fused-ring (bicyclic) bond motifs is 1. The quantitative estimate of drug-likeness (QED) is 0.802. The molecule has 0 saturated heterocycles. The van der Waals surface area contributed by atoms with Crippen LogP contribution in [-0.2, 0) is 10.0 Å². The Bertz CT molecular complexity index is 603. The highest BCUT2D eigenvalue weighted by molar-refractivity contribution is 7.98. The van der Waals surface area contributed by atoms with E-state index in [1.54, 1.807) is 12.1 Å². The lowest BCUT2D eigenvalue weighted by atomic mass is 10.3. The number of primary sulfonamides is 1. The molecule has 0 saturated carbocycles. The molecular weight excluding hydrogens is 236 g/mol. The van der Waals surface area contributed by atoms with E-state index in [4.69, 9.17) is 9.56 Å². The van der Waals surface area contributed by atoms with Gasteiger partial charge in [-0.05, 0) is 18.4 Å². The summed E-state index contributed by atoms with van der Waals surface area (Å²) in [7, 11) is -3.88. The third kappa shape index (κ3) is 1.85. The average molecular weight is 244 g/mol. The molecule has 0 bridgehead atoms. The van der Waals surface area contributed by atoms with Crippen LogP contribution in [0.15, 0.2) is 32.7 Å². The SMILES string of the molecule is CSc1cccc2oc(S(N)(=O)=O)nc12. The maximum absolute atomic E-state index is 11.0. The molecule has 2 aromatic rings. The molecule has 1 heterocycles.